The Labute approximate surface area is 98.5 Å². The first-order valence-electron chi connectivity index (χ1n) is 5.69. The van der Waals surface area contributed by atoms with Crippen LogP contribution in [0.3, 0.4) is 0 Å². The van der Waals surface area contributed by atoms with Crippen LogP contribution in [0.4, 0.5) is 0 Å². The fourth-order valence-corrected chi connectivity index (χ4v) is 2.35. The van der Waals surface area contributed by atoms with E-state index in [2.05, 4.69) is 58.2 Å². The van der Waals surface area contributed by atoms with Crippen LogP contribution in [0.25, 0.3) is 0 Å². The highest BCUT2D eigenvalue weighted by Gasteiger charge is 2.22. The zero-order valence-corrected chi connectivity index (χ0v) is 11.3. The summed E-state index contributed by atoms with van der Waals surface area (Å²) in [6, 6.07) is 9.11. The van der Waals surface area contributed by atoms with Crippen molar-refractivity contribution in [2.24, 2.45) is 0 Å². The molecule has 1 unspecified atom stereocenters. The van der Waals surface area contributed by atoms with Crippen LogP contribution in [0, 0.1) is 0 Å². The maximum atomic E-state index is 2.32. The molecule has 0 amide bonds. The normalized spacial score (nSPS) is 15.3. The summed E-state index contributed by atoms with van der Waals surface area (Å²) in [6.45, 7) is 9.06. The monoisotopic (exact) mass is 222 g/mol. The standard InChI is InChI=1S/C14H22S/c1-6-14(4,15-5)13-9-7-12(8-10-13)11(2)3/h7-11H,6H2,1-5H3. The zero-order chi connectivity index (χ0) is 11.5. The Morgan fingerprint density at radius 2 is 1.73 bits per heavy atom. The van der Waals surface area contributed by atoms with Crippen molar-refractivity contribution in [1.82, 2.24) is 0 Å². The third-order valence-electron chi connectivity index (χ3n) is 3.31. The summed E-state index contributed by atoms with van der Waals surface area (Å²) in [7, 11) is 0. The molecule has 0 saturated heterocycles. The Morgan fingerprint density at radius 3 is 2.07 bits per heavy atom. The minimum Gasteiger partial charge on any atom is -0.154 e. The summed E-state index contributed by atoms with van der Waals surface area (Å²) < 4.78 is 0.273. The van der Waals surface area contributed by atoms with Gasteiger partial charge < -0.3 is 0 Å². The van der Waals surface area contributed by atoms with Crippen molar-refractivity contribution >= 4 is 11.8 Å². The van der Waals surface area contributed by atoms with Gasteiger partial charge in [-0.15, -0.1) is 0 Å². The van der Waals surface area contributed by atoms with E-state index in [1.807, 2.05) is 11.8 Å². The predicted octanol–water partition coefficient (Wildman–Crippen LogP) is 4.80. The molecule has 0 N–H and O–H groups in total. The molecule has 0 nitrogen and oxygen atoms in total. The van der Waals surface area contributed by atoms with Gasteiger partial charge in [0, 0.05) is 4.75 Å². The summed E-state index contributed by atoms with van der Waals surface area (Å²) in [5.74, 6) is 0.626. The molecule has 1 aromatic rings. The number of thioether (sulfide) groups is 1. The van der Waals surface area contributed by atoms with Crippen molar-refractivity contribution in [3.63, 3.8) is 0 Å². The van der Waals surface area contributed by atoms with Crippen molar-refractivity contribution in [3.8, 4) is 0 Å². The molecule has 1 aromatic carbocycles. The first-order chi connectivity index (χ1) is 7.03. The third-order valence-corrected chi connectivity index (χ3v) is 4.74. The van der Waals surface area contributed by atoms with E-state index in [0.717, 1.165) is 0 Å². The van der Waals surface area contributed by atoms with Gasteiger partial charge in [0.05, 0.1) is 0 Å². The van der Waals surface area contributed by atoms with E-state index in [0.29, 0.717) is 5.92 Å². The average Bonchev–Trinajstić information content (AvgIpc) is 2.28. The molecule has 0 radical (unpaired) electrons. The summed E-state index contributed by atoms with van der Waals surface area (Å²) in [4.78, 5) is 0. The van der Waals surface area contributed by atoms with Crippen LogP contribution in [0.1, 0.15) is 51.2 Å². The molecule has 84 valence electrons. The Balaban J connectivity index is 2.97. The molecule has 1 rings (SSSR count). The highest BCUT2D eigenvalue weighted by molar-refractivity contribution is 7.99. The van der Waals surface area contributed by atoms with Gasteiger partial charge in [-0.2, -0.15) is 11.8 Å². The van der Waals surface area contributed by atoms with E-state index in [-0.39, 0.29) is 4.75 Å². The largest absolute Gasteiger partial charge is 0.154 e. The molecule has 15 heavy (non-hydrogen) atoms. The molecule has 0 aromatic heterocycles. The Morgan fingerprint density at radius 1 is 1.20 bits per heavy atom. The van der Waals surface area contributed by atoms with Crippen molar-refractivity contribution in [1.29, 1.82) is 0 Å². The first kappa shape index (κ1) is 12.6. The topological polar surface area (TPSA) is 0 Å². The fourth-order valence-electron chi connectivity index (χ4n) is 1.69. The van der Waals surface area contributed by atoms with Crippen LogP contribution in [-0.4, -0.2) is 6.26 Å². The second-order valence-electron chi connectivity index (χ2n) is 4.57. The second kappa shape index (κ2) is 5.07. The quantitative estimate of drug-likeness (QED) is 0.705. The van der Waals surface area contributed by atoms with Gasteiger partial charge in [-0.25, -0.2) is 0 Å². The zero-order valence-electron chi connectivity index (χ0n) is 10.5. The number of rotatable bonds is 4. The molecule has 0 aliphatic rings. The highest BCUT2D eigenvalue weighted by atomic mass is 32.2. The van der Waals surface area contributed by atoms with E-state index in [4.69, 9.17) is 0 Å². The SMILES string of the molecule is CCC(C)(SC)c1ccc(C(C)C)cc1. The Bertz CT molecular complexity index is 294. The Hall–Kier alpha value is -0.430. The Kier molecular flexibility index (Phi) is 4.27. The molecule has 0 spiro atoms. The summed E-state index contributed by atoms with van der Waals surface area (Å²) in [5, 5.41) is 0. The van der Waals surface area contributed by atoms with Crippen LogP contribution in [0.15, 0.2) is 24.3 Å². The van der Waals surface area contributed by atoms with Gasteiger partial charge in [0.15, 0.2) is 0 Å². The smallest absolute Gasteiger partial charge is 0.0374 e. The molecule has 0 aliphatic carbocycles. The highest BCUT2D eigenvalue weighted by Crippen LogP contribution is 2.37. The van der Waals surface area contributed by atoms with E-state index in [1.54, 1.807) is 0 Å². The van der Waals surface area contributed by atoms with Gasteiger partial charge >= 0.3 is 0 Å². The maximum Gasteiger partial charge on any atom is 0.0374 e. The van der Waals surface area contributed by atoms with E-state index < -0.39 is 0 Å². The van der Waals surface area contributed by atoms with Crippen molar-refractivity contribution in [3.05, 3.63) is 35.4 Å². The van der Waals surface area contributed by atoms with Crippen molar-refractivity contribution in [2.45, 2.75) is 44.8 Å². The van der Waals surface area contributed by atoms with Gasteiger partial charge in [-0.05, 0) is 36.6 Å². The number of benzene rings is 1. The van der Waals surface area contributed by atoms with Gasteiger partial charge in [-0.1, -0.05) is 45.0 Å². The maximum absolute atomic E-state index is 2.32. The van der Waals surface area contributed by atoms with E-state index in [1.165, 1.54) is 17.5 Å². The van der Waals surface area contributed by atoms with Crippen LogP contribution in [-0.2, 0) is 4.75 Å². The fraction of sp³-hybridized carbons (Fsp3) is 0.571. The predicted molar refractivity (Wildman–Crippen MR) is 71.7 cm³/mol. The number of hydrogen-bond donors (Lipinski definition) is 0. The van der Waals surface area contributed by atoms with Gasteiger partial charge in [0.1, 0.15) is 0 Å². The lowest BCUT2D eigenvalue weighted by atomic mass is 9.94. The molecule has 0 aliphatic heterocycles. The summed E-state index contributed by atoms with van der Waals surface area (Å²) in [6.07, 6.45) is 3.37. The molecule has 1 heteroatoms. The molecule has 0 saturated carbocycles. The molecule has 0 bridgehead atoms. The van der Waals surface area contributed by atoms with Crippen LogP contribution < -0.4 is 0 Å². The van der Waals surface area contributed by atoms with Crippen molar-refractivity contribution in [2.75, 3.05) is 6.26 Å². The molecule has 0 fully saturated rings. The van der Waals surface area contributed by atoms with Gasteiger partial charge in [-0.3, -0.25) is 0 Å². The average molecular weight is 222 g/mol. The number of hydrogen-bond acceptors (Lipinski definition) is 1. The minimum atomic E-state index is 0.273. The minimum absolute atomic E-state index is 0.273. The third kappa shape index (κ3) is 2.78. The van der Waals surface area contributed by atoms with E-state index >= 15 is 0 Å². The lowest BCUT2D eigenvalue weighted by Gasteiger charge is -2.26. The molecular weight excluding hydrogens is 200 g/mol. The van der Waals surface area contributed by atoms with Crippen LogP contribution >= 0.6 is 11.8 Å². The first-order valence-corrected chi connectivity index (χ1v) is 6.91. The van der Waals surface area contributed by atoms with Crippen molar-refractivity contribution < 1.29 is 0 Å². The van der Waals surface area contributed by atoms with Crippen LogP contribution in [0.5, 0.6) is 0 Å². The van der Waals surface area contributed by atoms with Gasteiger partial charge in [0.2, 0.25) is 0 Å². The van der Waals surface area contributed by atoms with E-state index in [9.17, 15) is 0 Å². The summed E-state index contributed by atoms with van der Waals surface area (Å²) >= 11 is 1.94. The van der Waals surface area contributed by atoms with Gasteiger partial charge in [0.25, 0.3) is 0 Å². The lowest BCUT2D eigenvalue weighted by Crippen LogP contribution is -2.15. The second-order valence-corrected chi connectivity index (χ2v) is 5.87. The summed E-state index contributed by atoms with van der Waals surface area (Å²) in [5.41, 5.74) is 2.88. The molecular formula is C14H22S. The van der Waals surface area contributed by atoms with Crippen LogP contribution in [0.2, 0.25) is 0 Å². The lowest BCUT2D eigenvalue weighted by molar-refractivity contribution is 0.666. The molecule has 1 atom stereocenters. The molecule has 0 heterocycles.